The smallest absolute Gasteiger partial charge is 0.340 e. The Hall–Kier alpha value is -3.26. The number of nitrogens with one attached hydrogen (secondary N) is 1. The number of thioether (sulfide) groups is 1. The van der Waals surface area contributed by atoms with Crippen molar-refractivity contribution in [2.75, 3.05) is 14.2 Å². The van der Waals surface area contributed by atoms with Crippen LogP contribution in [0.2, 0.25) is 0 Å². The predicted molar refractivity (Wildman–Crippen MR) is 104 cm³/mol. The van der Waals surface area contributed by atoms with Crippen molar-refractivity contribution >= 4 is 40.6 Å². The highest BCUT2D eigenvalue weighted by Crippen LogP contribution is 2.36. The van der Waals surface area contributed by atoms with Gasteiger partial charge in [-0.05, 0) is 41.6 Å². The number of amides is 1. The SMILES string of the molecule is COc1ccc(/C=C2\SC(=Nc3ccccc3)NC2=O)c(C(=O)O)c1OC. The Morgan fingerprint density at radius 1 is 1.15 bits per heavy atom. The molecule has 1 fully saturated rings. The van der Waals surface area contributed by atoms with E-state index in [0.717, 1.165) is 11.8 Å². The van der Waals surface area contributed by atoms with E-state index in [4.69, 9.17) is 9.47 Å². The van der Waals surface area contributed by atoms with Gasteiger partial charge in [0.25, 0.3) is 5.91 Å². The number of benzene rings is 2. The molecule has 0 spiro atoms. The molecule has 0 unspecified atom stereocenters. The van der Waals surface area contributed by atoms with E-state index >= 15 is 0 Å². The van der Waals surface area contributed by atoms with Gasteiger partial charge in [-0.2, -0.15) is 0 Å². The van der Waals surface area contributed by atoms with Crippen molar-refractivity contribution in [1.82, 2.24) is 5.32 Å². The van der Waals surface area contributed by atoms with E-state index in [9.17, 15) is 14.7 Å². The number of carboxylic acids is 1. The molecule has 1 aliphatic heterocycles. The van der Waals surface area contributed by atoms with Crippen LogP contribution in [0.5, 0.6) is 11.5 Å². The molecule has 1 saturated heterocycles. The van der Waals surface area contributed by atoms with Crippen molar-refractivity contribution in [3.05, 3.63) is 58.5 Å². The van der Waals surface area contributed by atoms with Gasteiger partial charge in [-0.15, -0.1) is 0 Å². The van der Waals surface area contributed by atoms with Crippen molar-refractivity contribution in [2.24, 2.45) is 4.99 Å². The summed E-state index contributed by atoms with van der Waals surface area (Å²) in [5, 5.41) is 12.7. The summed E-state index contributed by atoms with van der Waals surface area (Å²) in [5.74, 6) is -1.13. The molecule has 1 amide bonds. The fourth-order valence-corrected chi connectivity index (χ4v) is 3.36. The summed E-state index contributed by atoms with van der Waals surface area (Å²) in [5.41, 5.74) is 0.962. The second-order valence-corrected chi connectivity index (χ2v) is 6.42. The third-order valence-electron chi connectivity index (χ3n) is 3.72. The number of carbonyl (C=O) groups excluding carboxylic acids is 1. The van der Waals surface area contributed by atoms with Crippen molar-refractivity contribution in [1.29, 1.82) is 0 Å². The van der Waals surface area contributed by atoms with Gasteiger partial charge in [-0.1, -0.05) is 24.3 Å². The van der Waals surface area contributed by atoms with Gasteiger partial charge < -0.3 is 19.9 Å². The number of aliphatic imine (C=N–C) groups is 1. The molecule has 27 heavy (non-hydrogen) atoms. The number of hydrogen-bond acceptors (Lipinski definition) is 6. The second kappa shape index (κ2) is 7.96. The van der Waals surface area contributed by atoms with E-state index < -0.39 is 5.97 Å². The molecule has 0 aliphatic carbocycles. The average Bonchev–Trinajstić information content (AvgIpc) is 3.00. The first-order chi connectivity index (χ1) is 13.0. The lowest BCUT2D eigenvalue weighted by atomic mass is 10.0. The van der Waals surface area contributed by atoms with Crippen LogP contribution in [0.15, 0.2) is 52.4 Å². The Labute approximate surface area is 159 Å². The number of aromatic carboxylic acids is 1. The third kappa shape index (κ3) is 3.95. The summed E-state index contributed by atoms with van der Waals surface area (Å²) in [6.07, 6.45) is 1.50. The van der Waals surface area contributed by atoms with Crippen LogP contribution >= 0.6 is 11.8 Å². The summed E-state index contributed by atoms with van der Waals surface area (Å²) in [7, 11) is 2.79. The summed E-state index contributed by atoms with van der Waals surface area (Å²) in [6, 6.07) is 12.4. The minimum absolute atomic E-state index is 0.0776. The topological polar surface area (TPSA) is 97.2 Å². The Bertz CT molecular complexity index is 954. The fourth-order valence-electron chi connectivity index (χ4n) is 2.52. The zero-order valence-electron chi connectivity index (χ0n) is 14.6. The van der Waals surface area contributed by atoms with Crippen LogP contribution in [0.25, 0.3) is 6.08 Å². The van der Waals surface area contributed by atoms with Gasteiger partial charge in [-0.25, -0.2) is 9.79 Å². The number of ether oxygens (including phenoxy) is 2. The van der Waals surface area contributed by atoms with Crippen molar-refractivity contribution in [3.63, 3.8) is 0 Å². The number of rotatable bonds is 5. The van der Waals surface area contributed by atoms with Crippen LogP contribution in [0.3, 0.4) is 0 Å². The van der Waals surface area contributed by atoms with Gasteiger partial charge in [0.2, 0.25) is 0 Å². The summed E-state index contributed by atoms with van der Waals surface area (Å²) in [4.78, 5) is 28.7. The van der Waals surface area contributed by atoms with E-state index in [1.165, 1.54) is 20.3 Å². The van der Waals surface area contributed by atoms with Crippen LogP contribution in [-0.2, 0) is 4.79 Å². The average molecular weight is 384 g/mol. The molecule has 0 bridgehead atoms. The molecule has 1 heterocycles. The van der Waals surface area contributed by atoms with E-state index in [1.807, 2.05) is 30.3 Å². The van der Waals surface area contributed by atoms with Crippen LogP contribution in [0.4, 0.5) is 5.69 Å². The normalized spacial score (nSPS) is 16.4. The van der Waals surface area contributed by atoms with Crippen molar-refractivity contribution in [2.45, 2.75) is 0 Å². The molecule has 2 aromatic carbocycles. The number of carbonyl (C=O) groups is 2. The Morgan fingerprint density at radius 2 is 1.89 bits per heavy atom. The lowest BCUT2D eigenvalue weighted by molar-refractivity contribution is -0.115. The molecule has 2 N–H and O–H groups in total. The zero-order chi connectivity index (χ0) is 19.4. The molecule has 0 saturated carbocycles. The first-order valence-corrected chi connectivity index (χ1v) is 8.68. The van der Waals surface area contributed by atoms with E-state index in [-0.39, 0.29) is 17.2 Å². The second-order valence-electron chi connectivity index (χ2n) is 5.39. The molecule has 0 aromatic heterocycles. The minimum atomic E-state index is -1.18. The van der Waals surface area contributed by atoms with Gasteiger partial charge in [0.15, 0.2) is 16.7 Å². The lowest BCUT2D eigenvalue weighted by Gasteiger charge is -2.12. The molecule has 0 radical (unpaired) electrons. The number of hydrogen-bond donors (Lipinski definition) is 2. The first-order valence-electron chi connectivity index (χ1n) is 7.86. The van der Waals surface area contributed by atoms with Crippen LogP contribution < -0.4 is 14.8 Å². The van der Waals surface area contributed by atoms with Crippen molar-refractivity contribution in [3.8, 4) is 11.5 Å². The van der Waals surface area contributed by atoms with Gasteiger partial charge in [0.1, 0.15) is 5.56 Å². The first kappa shape index (κ1) is 18.5. The molecular weight excluding hydrogens is 368 g/mol. The van der Waals surface area contributed by atoms with Gasteiger partial charge in [0.05, 0.1) is 24.8 Å². The molecule has 8 heteroatoms. The molecule has 0 atom stereocenters. The summed E-state index contributed by atoms with van der Waals surface area (Å²) < 4.78 is 10.3. The molecule has 138 valence electrons. The maximum Gasteiger partial charge on any atom is 0.340 e. The van der Waals surface area contributed by atoms with E-state index in [0.29, 0.717) is 27.1 Å². The number of amidine groups is 1. The molecule has 7 nitrogen and oxygen atoms in total. The monoisotopic (exact) mass is 384 g/mol. The highest BCUT2D eigenvalue weighted by molar-refractivity contribution is 8.18. The van der Waals surface area contributed by atoms with Crippen LogP contribution in [0, 0.1) is 0 Å². The molecule has 2 aromatic rings. The quantitative estimate of drug-likeness (QED) is 0.768. The number of carboxylic acid groups (broad SMARTS) is 1. The predicted octanol–water partition coefficient (Wildman–Crippen LogP) is 3.29. The standard InChI is InChI=1S/C19H16N2O5S/c1-25-13-9-8-11(15(18(23)24)16(13)26-2)10-14-17(22)21-19(27-14)20-12-6-4-3-5-7-12/h3-10H,1-2H3,(H,23,24)(H,20,21,22)/b14-10-. The highest BCUT2D eigenvalue weighted by atomic mass is 32.2. The fraction of sp³-hybridized carbons (Fsp3) is 0.105. The number of nitrogens with zero attached hydrogens (tertiary/aromatic N) is 1. The third-order valence-corrected chi connectivity index (χ3v) is 4.63. The number of methoxy groups -OCH3 is 2. The minimum Gasteiger partial charge on any atom is -0.493 e. The number of para-hydroxylation sites is 1. The maximum atomic E-state index is 12.3. The lowest BCUT2D eigenvalue weighted by Crippen LogP contribution is -2.19. The Kier molecular flexibility index (Phi) is 5.46. The van der Waals surface area contributed by atoms with E-state index in [2.05, 4.69) is 10.3 Å². The summed E-state index contributed by atoms with van der Waals surface area (Å²) >= 11 is 1.14. The van der Waals surface area contributed by atoms with Gasteiger partial charge >= 0.3 is 5.97 Å². The largest absolute Gasteiger partial charge is 0.493 e. The van der Waals surface area contributed by atoms with Crippen LogP contribution in [0.1, 0.15) is 15.9 Å². The molecule has 3 rings (SSSR count). The summed E-state index contributed by atoms with van der Waals surface area (Å²) in [6.45, 7) is 0. The van der Waals surface area contributed by atoms with Gasteiger partial charge in [0, 0.05) is 0 Å². The van der Waals surface area contributed by atoms with E-state index in [1.54, 1.807) is 12.1 Å². The van der Waals surface area contributed by atoms with Gasteiger partial charge in [-0.3, -0.25) is 4.79 Å². The van der Waals surface area contributed by atoms with Crippen molar-refractivity contribution < 1.29 is 24.2 Å². The molecular formula is C19H16N2O5S. The zero-order valence-corrected chi connectivity index (χ0v) is 15.4. The highest BCUT2D eigenvalue weighted by Gasteiger charge is 2.26. The Morgan fingerprint density at radius 3 is 2.52 bits per heavy atom. The van der Waals surface area contributed by atoms with Crippen LogP contribution in [-0.4, -0.2) is 36.4 Å². The Balaban J connectivity index is 1.98. The molecule has 1 aliphatic rings. The maximum absolute atomic E-state index is 12.3.